The summed E-state index contributed by atoms with van der Waals surface area (Å²) in [5, 5.41) is 7.15. The summed E-state index contributed by atoms with van der Waals surface area (Å²) >= 11 is 5.08. The van der Waals surface area contributed by atoms with Gasteiger partial charge in [-0.3, -0.25) is 4.79 Å². The Balaban J connectivity index is 2.10. The summed E-state index contributed by atoms with van der Waals surface area (Å²) in [6.07, 6.45) is 1.94. The molecule has 5 heteroatoms. The zero-order chi connectivity index (χ0) is 14.0. The number of aromatic nitrogens is 1. The minimum Gasteiger partial charge on any atom is -0.347 e. The molecule has 0 fully saturated rings. The molecule has 2 rings (SSSR count). The van der Waals surface area contributed by atoms with Crippen LogP contribution in [0.15, 0.2) is 27.5 Å². The smallest absolute Gasteiger partial charge is 0.268 e. The summed E-state index contributed by atoms with van der Waals surface area (Å²) in [4.78, 5) is 12.2. The second-order valence-electron chi connectivity index (χ2n) is 4.81. The molecular formula is C14H17BrN2OS. The number of carbonyl (C=O) groups is 1. The number of amides is 1. The number of aryl methyl sites for hydroxylation is 1. The van der Waals surface area contributed by atoms with Crippen molar-refractivity contribution in [2.24, 2.45) is 0 Å². The van der Waals surface area contributed by atoms with E-state index in [-0.39, 0.29) is 11.9 Å². The number of nitrogens with one attached hydrogen (secondary N) is 1. The molecule has 3 nitrogen and oxygen atoms in total. The lowest BCUT2D eigenvalue weighted by Crippen LogP contribution is -2.25. The molecule has 19 heavy (non-hydrogen) atoms. The third-order valence-electron chi connectivity index (χ3n) is 3.01. The quantitative estimate of drug-likeness (QED) is 0.891. The van der Waals surface area contributed by atoms with Crippen LogP contribution in [0.25, 0.3) is 0 Å². The van der Waals surface area contributed by atoms with Gasteiger partial charge in [-0.15, -0.1) is 0 Å². The number of carbonyl (C=O) groups excluding carboxylic acids is 1. The van der Waals surface area contributed by atoms with Crippen LogP contribution in [0.2, 0.25) is 0 Å². The Morgan fingerprint density at radius 3 is 2.79 bits per heavy atom. The Bertz CT molecular complexity index is 586. The van der Waals surface area contributed by atoms with Gasteiger partial charge in [-0.25, -0.2) is 0 Å². The molecule has 1 amide bonds. The van der Waals surface area contributed by atoms with Crippen molar-refractivity contribution in [2.75, 3.05) is 0 Å². The molecule has 0 aromatic carbocycles. The third-order valence-corrected chi connectivity index (χ3v) is 4.35. The van der Waals surface area contributed by atoms with E-state index in [0.717, 1.165) is 4.47 Å². The van der Waals surface area contributed by atoms with E-state index in [1.807, 2.05) is 16.8 Å². The predicted molar refractivity (Wildman–Crippen MR) is 82.7 cm³/mol. The molecule has 102 valence electrons. The maximum absolute atomic E-state index is 12.2. The van der Waals surface area contributed by atoms with Gasteiger partial charge in [0.15, 0.2) is 0 Å². The first-order valence-corrected chi connectivity index (χ1v) is 7.90. The number of halogens is 1. The molecule has 0 saturated heterocycles. The van der Waals surface area contributed by atoms with Crippen molar-refractivity contribution in [3.8, 4) is 0 Å². The highest BCUT2D eigenvalue weighted by molar-refractivity contribution is 9.10. The van der Waals surface area contributed by atoms with Gasteiger partial charge in [-0.1, -0.05) is 0 Å². The van der Waals surface area contributed by atoms with Gasteiger partial charge < -0.3 is 9.88 Å². The summed E-state index contributed by atoms with van der Waals surface area (Å²) < 4.78 is 2.90. The highest BCUT2D eigenvalue weighted by Gasteiger charge is 2.14. The molecule has 1 N–H and O–H groups in total. The lowest BCUT2D eigenvalue weighted by molar-refractivity contribution is 0.0940. The summed E-state index contributed by atoms with van der Waals surface area (Å²) in [7, 11) is 0. The Morgan fingerprint density at radius 1 is 1.47 bits per heavy atom. The van der Waals surface area contributed by atoms with Gasteiger partial charge in [0, 0.05) is 23.3 Å². The molecule has 0 bridgehead atoms. The van der Waals surface area contributed by atoms with Crippen LogP contribution in [0.4, 0.5) is 0 Å². The van der Waals surface area contributed by atoms with Crippen molar-refractivity contribution in [3.63, 3.8) is 0 Å². The van der Waals surface area contributed by atoms with Crippen LogP contribution in [0, 0.1) is 6.92 Å². The van der Waals surface area contributed by atoms with Crippen LogP contribution in [0.1, 0.15) is 41.5 Å². The van der Waals surface area contributed by atoms with Crippen LogP contribution in [-0.2, 0) is 6.54 Å². The van der Waals surface area contributed by atoms with E-state index in [4.69, 9.17) is 0 Å². The average Bonchev–Trinajstić information content (AvgIpc) is 2.92. The number of rotatable bonds is 4. The van der Waals surface area contributed by atoms with Crippen molar-refractivity contribution in [1.29, 1.82) is 0 Å². The molecule has 0 atom stereocenters. The summed E-state index contributed by atoms with van der Waals surface area (Å²) in [5.74, 6) is -0.0370. The molecule has 0 spiro atoms. The van der Waals surface area contributed by atoms with Gasteiger partial charge in [-0.05, 0) is 64.7 Å². The summed E-state index contributed by atoms with van der Waals surface area (Å²) in [6, 6.07) is 2.12. The SMILES string of the molecule is Cc1cscc1CNC(=O)c1cc(Br)cn1C(C)C. The highest BCUT2D eigenvalue weighted by Crippen LogP contribution is 2.20. The van der Waals surface area contributed by atoms with E-state index in [1.165, 1.54) is 11.1 Å². The molecule has 0 radical (unpaired) electrons. The first kappa shape index (κ1) is 14.3. The monoisotopic (exact) mass is 340 g/mol. The van der Waals surface area contributed by atoms with Gasteiger partial charge in [0.1, 0.15) is 5.69 Å². The first-order chi connectivity index (χ1) is 8.99. The second-order valence-corrected chi connectivity index (χ2v) is 6.47. The van der Waals surface area contributed by atoms with Gasteiger partial charge in [0.2, 0.25) is 0 Å². The molecule has 0 aliphatic carbocycles. The maximum Gasteiger partial charge on any atom is 0.268 e. The first-order valence-electron chi connectivity index (χ1n) is 6.16. The standard InChI is InChI=1S/C14H17BrN2OS/c1-9(2)17-6-12(15)4-13(17)14(18)16-5-11-8-19-7-10(11)3/h4,6-9H,5H2,1-3H3,(H,16,18). The summed E-state index contributed by atoms with van der Waals surface area (Å²) in [5.41, 5.74) is 3.10. The number of thiophene rings is 1. The van der Waals surface area contributed by atoms with E-state index in [9.17, 15) is 4.79 Å². The molecule has 0 aliphatic heterocycles. The Hall–Kier alpha value is -1.07. The fraction of sp³-hybridized carbons (Fsp3) is 0.357. The zero-order valence-electron chi connectivity index (χ0n) is 11.2. The van der Waals surface area contributed by atoms with E-state index >= 15 is 0 Å². The lowest BCUT2D eigenvalue weighted by atomic mass is 10.2. The number of hydrogen-bond donors (Lipinski definition) is 1. The van der Waals surface area contributed by atoms with E-state index in [0.29, 0.717) is 12.2 Å². The van der Waals surface area contributed by atoms with Crippen molar-refractivity contribution in [1.82, 2.24) is 9.88 Å². The van der Waals surface area contributed by atoms with E-state index in [1.54, 1.807) is 11.3 Å². The zero-order valence-corrected chi connectivity index (χ0v) is 13.6. The van der Waals surface area contributed by atoms with Gasteiger partial charge in [0.25, 0.3) is 5.91 Å². The van der Waals surface area contributed by atoms with Gasteiger partial charge >= 0.3 is 0 Å². The molecule has 2 heterocycles. The number of nitrogens with zero attached hydrogens (tertiary/aromatic N) is 1. The van der Waals surface area contributed by atoms with E-state index < -0.39 is 0 Å². The predicted octanol–water partition coefficient (Wildman–Crippen LogP) is 4.13. The molecule has 2 aromatic rings. The summed E-state index contributed by atoms with van der Waals surface area (Å²) in [6.45, 7) is 6.76. The molecule has 0 unspecified atom stereocenters. The number of hydrogen-bond acceptors (Lipinski definition) is 2. The van der Waals surface area contributed by atoms with Crippen molar-refractivity contribution < 1.29 is 4.79 Å². The molecular weight excluding hydrogens is 324 g/mol. The fourth-order valence-electron chi connectivity index (χ4n) is 1.89. The Labute approximate surface area is 125 Å². The van der Waals surface area contributed by atoms with Crippen LogP contribution in [-0.4, -0.2) is 10.5 Å². The van der Waals surface area contributed by atoms with E-state index in [2.05, 4.69) is 52.8 Å². The normalized spacial score (nSPS) is 11.0. The minimum absolute atomic E-state index is 0.0370. The molecule has 2 aromatic heterocycles. The van der Waals surface area contributed by atoms with Crippen molar-refractivity contribution in [3.05, 3.63) is 44.3 Å². The topological polar surface area (TPSA) is 34.0 Å². The molecule has 0 aliphatic rings. The van der Waals surface area contributed by atoms with Crippen LogP contribution >= 0.6 is 27.3 Å². The average molecular weight is 341 g/mol. The van der Waals surface area contributed by atoms with Crippen molar-refractivity contribution >= 4 is 33.2 Å². The van der Waals surface area contributed by atoms with Crippen molar-refractivity contribution in [2.45, 2.75) is 33.4 Å². The highest BCUT2D eigenvalue weighted by atomic mass is 79.9. The van der Waals surface area contributed by atoms with Crippen LogP contribution in [0.5, 0.6) is 0 Å². The fourth-order valence-corrected chi connectivity index (χ4v) is 3.18. The third kappa shape index (κ3) is 3.28. The van der Waals surface area contributed by atoms with Crippen LogP contribution in [0.3, 0.4) is 0 Å². The van der Waals surface area contributed by atoms with Gasteiger partial charge in [0.05, 0.1) is 0 Å². The maximum atomic E-state index is 12.2. The lowest BCUT2D eigenvalue weighted by Gasteiger charge is -2.12. The molecule has 0 saturated carbocycles. The minimum atomic E-state index is -0.0370. The van der Waals surface area contributed by atoms with Crippen LogP contribution < -0.4 is 5.32 Å². The second kappa shape index (κ2) is 5.92. The Morgan fingerprint density at radius 2 is 2.21 bits per heavy atom. The Kier molecular flexibility index (Phi) is 4.47. The van der Waals surface area contributed by atoms with Gasteiger partial charge in [-0.2, -0.15) is 11.3 Å². The largest absolute Gasteiger partial charge is 0.347 e.